The molecule has 1 aromatic heterocycles. The van der Waals surface area contributed by atoms with Crippen LogP contribution >= 0.6 is 22.9 Å². The number of nitrogens with one attached hydrogen (secondary N) is 3. The summed E-state index contributed by atoms with van der Waals surface area (Å²) in [6.07, 6.45) is 0. The second kappa shape index (κ2) is 11.9. The zero-order valence-electron chi connectivity index (χ0n) is 21.3. The predicted molar refractivity (Wildman–Crippen MR) is 149 cm³/mol. The van der Waals surface area contributed by atoms with E-state index in [0.717, 1.165) is 16.0 Å². The number of benzene rings is 3. The largest absolute Gasteiger partial charge is 0.493 e. The zero-order chi connectivity index (χ0) is 28.1. The Hall–Kier alpha value is -4.48. The van der Waals surface area contributed by atoms with Gasteiger partial charge in [-0.2, -0.15) is 0 Å². The first-order chi connectivity index (χ1) is 18.8. The van der Waals surface area contributed by atoms with E-state index in [4.69, 9.17) is 30.5 Å². The van der Waals surface area contributed by atoms with E-state index in [2.05, 4.69) is 16.2 Å². The number of carbonyl (C=O) groups is 3. The molecule has 0 bridgehead atoms. The summed E-state index contributed by atoms with van der Waals surface area (Å²) in [5.41, 5.74) is 5.85. The Balaban J connectivity index is 1.39. The normalized spacial score (nSPS) is 10.5. The Kier molecular flexibility index (Phi) is 8.43. The molecule has 0 aliphatic heterocycles. The van der Waals surface area contributed by atoms with Gasteiger partial charge >= 0.3 is 0 Å². The van der Waals surface area contributed by atoms with Crippen molar-refractivity contribution in [2.45, 2.75) is 0 Å². The SMILES string of the molecule is COc1ccc(C(=O)Nc2ccc(C(=O)NNC(=O)c3sc4cc(OC)c(OC)cc4c3Cl)cc2)cc1OC. The highest BCUT2D eigenvalue weighted by atomic mass is 35.5. The molecule has 3 N–H and O–H groups in total. The predicted octanol–water partition coefficient (Wildman–Crippen LogP) is 4.92. The minimum absolute atomic E-state index is 0.218. The molecular formula is C27H24ClN3O7S. The molecule has 0 atom stereocenters. The average molecular weight is 570 g/mol. The Labute approximate surface area is 232 Å². The number of hydrogen-bond donors (Lipinski definition) is 3. The van der Waals surface area contributed by atoms with Gasteiger partial charge in [0.2, 0.25) is 0 Å². The summed E-state index contributed by atoms with van der Waals surface area (Å²) in [5.74, 6) is 0.422. The molecule has 0 spiro atoms. The number of anilines is 1. The number of ether oxygens (including phenoxy) is 4. The number of hydrogen-bond acceptors (Lipinski definition) is 8. The molecule has 10 nitrogen and oxygen atoms in total. The standard InChI is InChI=1S/C27H24ClN3O7S/c1-35-18-10-7-15(11-19(18)36-2)25(32)29-16-8-5-14(6-9-16)26(33)30-31-27(34)24-23(28)17-12-20(37-3)21(38-4)13-22(17)39-24/h5-13H,1-4H3,(H,29,32)(H,30,33)(H,31,34). The highest BCUT2D eigenvalue weighted by Crippen LogP contribution is 2.41. The van der Waals surface area contributed by atoms with Crippen molar-refractivity contribution in [1.29, 1.82) is 0 Å². The third-order valence-electron chi connectivity index (χ3n) is 5.68. The van der Waals surface area contributed by atoms with E-state index in [9.17, 15) is 14.4 Å². The molecule has 0 radical (unpaired) electrons. The van der Waals surface area contributed by atoms with Gasteiger partial charge in [-0.1, -0.05) is 11.6 Å². The lowest BCUT2D eigenvalue weighted by Gasteiger charge is -2.10. The van der Waals surface area contributed by atoms with Crippen molar-refractivity contribution in [3.8, 4) is 23.0 Å². The van der Waals surface area contributed by atoms with Gasteiger partial charge in [-0.15, -0.1) is 11.3 Å². The molecule has 0 saturated heterocycles. The van der Waals surface area contributed by atoms with E-state index < -0.39 is 11.8 Å². The average Bonchev–Trinajstić information content (AvgIpc) is 3.29. The molecule has 1 heterocycles. The highest BCUT2D eigenvalue weighted by Gasteiger charge is 2.20. The number of thiophene rings is 1. The van der Waals surface area contributed by atoms with Crippen LogP contribution in [-0.4, -0.2) is 46.2 Å². The molecule has 3 aromatic carbocycles. The molecule has 0 fully saturated rings. The summed E-state index contributed by atoms with van der Waals surface area (Å²) in [5, 5.41) is 3.61. The fraction of sp³-hybridized carbons (Fsp3) is 0.148. The van der Waals surface area contributed by atoms with Crippen LogP contribution in [0, 0.1) is 0 Å². The lowest BCUT2D eigenvalue weighted by atomic mass is 10.1. The van der Waals surface area contributed by atoms with Gasteiger partial charge in [-0.05, 0) is 48.5 Å². The molecule has 0 aliphatic rings. The lowest BCUT2D eigenvalue weighted by Crippen LogP contribution is -2.41. The summed E-state index contributed by atoms with van der Waals surface area (Å²) in [4.78, 5) is 38.2. The van der Waals surface area contributed by atoms with E-state index in [1.54, 1.807) is 42.5 Å². The molecule has 0 aliphatic carbocycles. The zero-order valence-corrected chi connectivity index (χ0v) is 22.9. The van der Waals surface area contributed by atoms with Gasteiger partial charge in [0.15, 0.2) is 23.0 Å². The third kappa shape index (κ3) is 5.84. The van der Waals surface area contributed by atoms with Crippen LogP contribution in [0.4, 0.5) is 5.69 Å². The summed E-state index contributed by atoms with van der Waals surface area (Å²) in [6.45, 7) is 0. The Morgan fingerprint density at radius 1 is 0.667 bits per heavy atom. The molecule has 0 unspecified atom stereocenters. The summed E-state index contributed by atoms with van der Waals surface area (Å²) in [6, 6.07) is 14.4. The van der Waals surface area contributed by atoms with Crippen LogP contribution in [0.1, 0.15) is 30.4 Å². The van der Waals surface area contributed by atoms with Crippen molar-refractivity contribution in [2.75, 3.05) is 33.8 Å². The van der Waals surface area contributed by atoms with Crippen molar-refractivity contribution in [1.82, 2.24) is 10.9 Å². The van der Waals surface area contributed by atoms with E-state index >= 15 is 0 Å². The second-order valence-electron chi connectivity index (χ2n) is 7.96. The molecule has 4 aromatic rings. The van der Waals surface area contributed by atoms with Crippen LogP contribution in [-0.2, 0) is 0 Å². The maximum absolute atomic E-state index is 12.7. The molecule has 39 heavy (non-hydrogen) atoms. The van der Waals surface area contributed by atoms with Crippen LogP contribution in [0.5, 0.6) is 23.0 Å². The highest BCUT2D eigenvalue weighted by molar-refractivity contribution is 7.21. The number of methoxy groups -OCH3 is 4. The molecule has 4 rings (SSSR count). The van der Waals surface area contributed by atoms with E-state index in [1.165, 1.54) is 40.6 Å². The quantitative estimate of drug-likeness (QED) is 0.257. The fourth-order valence-corrected chi connectivity index (χ4v) is 5.08. The Morgan fingerprint density at radius 2 is 1.23 bits per heavy atom. The van der Waals surface area contributed by atoms with Gasteiger partial charge in [0.25, 0.3) is 17.7 Å². The van der Waals surface area contributed by atoms with E-state index in [1.807, 2.05) is 0 Å². The number of hydrazine groups is 1. The van der Waals surface area contributed by atoms with Crippen molar-refractivity contribution in [2.24, 2.45) is 0 Å². The van der Waals surface area contributed by atoms with Crippen LogP contribution in [0.25, 0.3) is 10.1 Å². The first-order valence-corrected chi connectivity index (χ1v) is 12.6. The monoisotopic (exact) mass is 569 g/mol. The minimum atomic E-state index is -0.578. The van der Waals surface area contributed by atoms with Crippen molar-refractivity contribution in [3.05, 3.63) is 75.6 Å². The number of carbonyl (C=O) groups excluding carboxylic acids is 3. The van der Waals surface area contributed by atoms with Gasteiger partial charge in [-0.3, -0.25) is 25.2 Å². The minimum Gasteiger partial charge on any atom is -0.493 e. The van der Waals surface area contributed by atoms with Gasteiger partial charge < -0.3 is 24.3 Å². The molecular weight excluding hydrogens is 546 g/mol. The van der Waals surface area contributed by atoms with Gasteiger partial charge in [0.05, 0.1) is 33.5 Å². The fourth-order valence-electron chi connectivity index (χ4n) is 3.67. The summed E-state index contributed by atoms with van der Waals surface area (Å²) in [7, 11) is 6.01. The lowest BCUT2D eigenvalue weighted by molar-refractivity contribution is 0.0849. The maximum Gasteiger partial charge on any atom is 0.281 e. The van der Waals surface area contributed by atoms with Gasteiger partial charge in [0.1, 0.15) is 4.88 Å². The first kappa shape index (κ1) is 27.6. The molecule has 0 saturated carbocycles. The second-order valence-corrected chi connectivity index (χ2v) is 9.39. The number of halogens is 1. The van der Waals surface area contributed by atoms with Crippen LogP contribution in [0.15, 0.2) is 54.6 Å². The molecule has 202 valence electrons. The number of amides is 3. The Morgan fingerprint density at radius 3 is 1.87 bits per heavy atom. The molecule has 3 amide bonds. The topological polar surface area (TPSA) is 124 Å². The van der Waals surface area contributed by atoms with Crippen molar-refractivity contribution in [3.63, 3.8) is 0 Å². The summed E-state index contributed by atoms with van der Waals surface area (Å²) >= 11 is 7.59. The van der Waals surface area contributed by atoms with Gasteiger partial charge in [0, 0.05) is 33.0 Å². The maximum atomic E-state index is 12.7. The van der Waals surface area contributed by atoms with Crippen molar-refractivity contribution < 1.29 is 33.3 Å². The van der Waals surface area contributed by atoms with Gasteiger partial charge in [-0.25, -0.2) is 0 Å². The summed E-state index contributed by atoms with van der Waals surface area (Å²) < 4.78 is 21.7. The number of fused-ring (bicyclic) bond motifs is 1. The van der Waals surface area contributed by atoms with Crippen LogP contribution in [0.2, 0.25) is 5.02 Å². The number of rotatable bonds is 8. The van der Waals surface area contributed by atoms with Crippen LogP contribution in [0.3, 0.4) is 0 Å². The van der Waals surface area contributed by atoms with E-state index in [0.29, 0.717) is 39.6 Å². The third-order valence-corrected chi connectivity index (χ3v) is 7.34. The Bertz CT molecular complexity index is 1550. The van der Waals surface area contributed by atoms with Crippen LogP contribution < -0.4 is 35.1 Å². The first-order valence-electron chi connectivity index (χ1n) is 11.4. The van der Waals surface area contributed by atoms with E-state index in [-0.39, 0.29) is 21.4 Å². The smallest absolute Gasteiger partial charge is 0.281 e. The van der Waals surface area contributed by atoms with Crippen molar-refractivity contribution >= 4 is 56.4 Å². The molecule has 12 heteroatoms.